The van der Waals surface area contributed by atoms with Crippen LogP contribution in [-0.2, 0) is 9.59 Å². The van der Waals surface area contributed by atoms with Gasteiger partial charge in [0.05, 0.1) is 11.0 Å². The maximum atomic E-state index is 13.5. The lowest BCUT2D eigenvalue weighted by Crippen LogP contribution is -2.66. The van der Waals surface area contributed by atoms with Crippen molar-refractivity contribution in [3.63, 3.8) is 0 Å². The summed E-state index contributed by atoms with van der Waals surface area (Å²) in [6.45, 7) is 9.78. The molecule has 4 aliphatic carbocycles. The molecule has 2 N–H and O–H groups in total. The Kier molecular flexibility index (Phi) is 5.27. The van der Waals surface area contributed by atoms with Gasteiger partial charge in [-0.15, -0.1) is 0 Å². The van der Waals surface area contributed by atoms with Crippen LogP contribution in [0.1, 0.15) is 51.5 Å². The Morgan fingerprint density at radius 1 is 1.03 bits per heavy atom. The van der Waals surface area contributed by atoms with Crippen LogP contribution in [0.4, 0.5) is 5.69 Å². The maximum absolute atomic E-state index is 13.5. The third-order valence-corrected chi connectivity index (χ3v) is 9.11. The number of carbonyl (C=O) groups excluding carboxylic acids is 1. The SMILES string of the molecule is Cc1ccccc1N1CCN(C(C)(C)C(=O)NC2C3CC4CC2CC(C(=O)O)(C4)C3)CC1. The molecule has 6 heteroatoms. The molecule has 174 valence electrons. The number of nitrogens with zero attached hydrogens (tertiary/aromatic N) is 2. The van der Waals surface area contributed by atoms with E-state index in [1.54, 1.807) is 0 Å². The molecule has 0 spiro atoms. The number of aliphatic carboxylic acids is 1. The molecule has 1 aliphatic heterocycles. The van der Waals surface area contributed by atoms with E-state index in [0.29, 0.717) is 17.8 Å². The van der Waals surface area contributed by atoms with Crippen molar-refractivity contribution in [2.75, 3.05) is 31.1 Å². The largest absolute Gasteiger partial charge is 0.481 e. The number of piperazine rings is 1. The smallest absolute Gasteiger partial charge is 0.309 e. The van der Waals surface area contributed by atoms with E-state index in [9.17, 15) is 14.7 Å². The second-order valence-corrected chi connectivity index (χ2v) is 11.4. The number of rotatable bonds is 5. The minimum Gasteiger partial charge on any atom is -0.481 e. The molecule has 5 aliphatic rings. The number of amides is 1. The Morgan fingerprint density at radius 2 is 1.66 bits per heavy atom. The lowest BCUT2D eigenvalue weighted by Gasteiger charge is -2.58. The zero-order valence-corrected chi connectivity index (χ0v) is 19.6. The van der Waals surface area contributed by atoms with Crippen molar-refractivity contribution < 1.29 is 14.7 Å². The van der Waals surface area contributed by atoms with E-state index >= 15 is 0 Å². The second kappa shape index (κ2) is 7.75. The van der Waals surface area contributed by atoms with Crippen LogP contribution >= 0.6 is 0 Å². The Hall–Kier alpha value is -2.08. The zero-order valence-electron chi connectivity index (χ0n) is 19.6. The molecule has 1 saturated heterocycles. The number of carboxylic acids is 1. The van der Waals surface area contributed by atoms with Crippen LogP contribution in [0.2, 0.25) is 0 Å². The van der Waals surface area contributed by atoms with Gasteiger partial charge in [0.25, 0.3) is 0 Å². The molecule has 2 atom stereocenters. The highest BCUT2D eigenvalue weighted by Crippen LogP contribution is 2.60. The van der Waals surface area contributed by atoms with Gasteiger partial charge in [-0.1, -0.05) is 18.2 Å². The average molecular weight is 440 g/mol. The molecule has 6 rings (SSSR count). The summed E-state index contributed by atoms with van der Waals surface area (Å²) in [5, 5.41) is 13.3. The molecule has 32 heavy (non-hydrogen) atoms. The second-order valence-electron chi connectivity index (χ2n) is 11.4. The summed E-state index contributed by atoms with van der Waals surface area (Å²) < 4.78 is 0. The monoisotopic (exact) mass is 439 g/mol. The van der Waals surface area contributed by atoms with E-state index in [1.165, 1.54) is 11.3 Å². The Labute approximate surface area is 191 Å². The molecule has 0 aromatic heterocycles. The molecule has 1 amide bonds. The van der Waals surface area contributed by atoms with Crippen LogP contribution in [0.25, 0.3) is 0 Å². The molecule has 1 aromatic carbocycles. The first-order valence-corrected chi connectivity index (χ1v) is 12.3. The van der Waals surface area contributed by atoms with Gasteiger partial charge in [-0.3, -0.25) is 14.5 Å². The number of hydrogen-bond donors (Lipinski definition) is 2. The fourth-order valence-corrected chi connectivity index (χ4v) is 7.42. The van der Waals surface area contributed by atoms with Crippen LogP contribution in [0.5, 0.6) is 0 Å². The van der Waals surface area contributed by atoms with Crippen molar-refractivity contribution in [3.05, 3.63) is 29.8 Å². The summed E-state index contributed by atoms with van der Waals surface area (Å²) in [6, 6.07) is 8.63. The van der Waals surface area contributed by atoms with E-state index in [-0.39, 0.29) is 11.9 Å². The third-order valence-electron chi connectivity index (χ3n) is 9.11. The fraction of sp³-hybridized carbons (Fsp3) is 0.692. The summed E-state index contributed by atoms with van der Waals surface area (Å²) in [6.07, 6.45) is 4.45. The van der Waals surface area contributed by atoms with Crippen molar-refractivity contribution in [1.29, 1.82) is 0 Å². The number of para-hydroxylation sites is 1. The first-order chi connectivity index (χ1) is 15.2. The van der Waals surface area contributed by atoms with Gasteiger partial charge >= 0.3 is 5.97 Å². The van der Waals surface area contributed by atoms with E-state index in [4.69, 9.17) is 0 Å². The van der Waals surface area contributed by atoms with Gasteiger partial charge in [-0.2, -0.15) is 0 Å². The van der Waals surface area contributed by atoms with Crippen LogP contribution in [0, 0.1) is 30.1 Å². The highest BCUT2D eigenvalue weighted by atomic mass is 16.4. The number of nitrogens with one attached hydrogen (secondary N) is 1. The quantitative estimate of drug-likeness (QED) is 0.737. The minimum absolute atomic E-state index is 0.101. The topological polar surface area (TPSA) is 72.9 Å². The average Bonchev–Trinajstić information content (AvgIpc) is 2.76. The highest BCUT2D eigenvalue weighted by Gasteiger charge is 2.59. The summed E-state index contributed by atoms with van der Waals surface area (Å²) >= 11 is 0. The molecular formula is C26H37N3O3. The number of anilines is 1. The Bertz CT molecular complexity index is 889. The number of benzene rings is 1. The third kappa shape index (κ3) is 3.51. The van der Waals surface area contributed by atoms with Crippen molar-refractivity contribution in [2.24, 2.45) is 23.2 Å². The summed E-state index contributed by atoms with van der Waals surface area (Å²) in [7, 11) is 0. The van der Waals surface area contributed by atoms with E-state index < -0.39 is 16.9 Å². The van der Waals surface area contributed by atoms with Gasteiger partial charge in [0.2, 0.25) is 5.91 Å². The van der Waals surface area contributed by atoms with Gasteiger partial charge in [0.15, 0.2) is 0 Å². The molecule has 4 bridgehead atoms. The number of carbonyl (C=O) groups is 2. The molecule has 4 saturated carbocycles. The summed E-state index contributed by atoms with van der Waals surface area (Å²) in [5.74, 6) is 0.640. The van der Waals surface area contributed by atoms with Gasteiger partial charge in [-0.25, -0.2) is 0 Å². The maximum Gasteiger partial charge on any atom is 0.309 e. The fourth-order valence-electron chi connectivity index (χ4n) is 7.42. The van der Waals surface area contributed by atoms with Gasteiger partial charge < -0.3 is 15.3 Å². The van der Waals surface area contributed by atoms with Crippen LogP contribution in [0.3, 0.4) is 0 Å². The van der Waals surface area contributed by atoms with Crippen LogP contribution in [0.15, 0.2) is 24.3 Å². The predicted octanol–water partition coefficient (Wildman–Crippen LogP) is 3.29. The lowest BCUT2D eigenvalue weighted by molar-refractivity contribution is -0.168. The van der Waals surface area contributed by atoms with Crippen LogP contribution in [-0.4, -0.2) is 59.6 Å². The van der Waals surface area contributed by atoms with Crippen molar-refractivity contribution in [1.82, 2.24) is 10.2 Å². The molecule has 1 heterocycles. The molecule has 5 fully saturated rings. The Balaban J connectivity index is 1.23. The molecule has 6 nitrogen and oxygen atoms in total. The first-order valence-electron chi connectivity index (χ1n) is 12.3. The number of carboxylic acid groups (broad SMARTS) is 1. The standard InChI is InChI=1S/C26H37N3O3/c1-17-6-4-5-7-21(17)28-8-10-29(11-9-28)25(2,3)23(30)27-22-19-12-18-13-20(22)16-26(14-18,15-19)24(31)32/h4-7,18-20,22H,8-16H2,1-3H3,(H,27,30)(H,31,32). The van der Waals surface area contributed by atoms with E-state index in [2.05, 4.69) is 46.3 Å². The van der Waals surface area contributed by atoms with Gasteiger partial charge in [0.1, 0.15) is 0 Å². The normalized spacial score (nSPS) is 34.5. The van der Waals surface area contributed by atoms with Crippen molar-refractivity contribution in [3.8, 4) is 0 Å². The highest BCUT2D eigenvalue weighted by molar-refractivity contribution is 5.86. The minimum atomic E-state index is -0.617. The van der Waals surface area contributed by atoms with E-state index in [1.807, 2.05) is 13.8 Å². The van der Waals surface area contributed by atoms with Gasteiger partial charge in [0, 0.05) is 37.9 Å². The van der Waals surface area contributed by atoms with Gasteiger partial charge in [-0.05, 0) is 82.3 Å². The molecule has 2 unspecified atom stereocenters. The molecule has 1 aromatic rings. The van der Waals surface area contributed by atoms with E-state index in [0.717, 1.165) is 58.3 Å². The summed E-state index contributed by atoms with van der Waals surface area (Å²) in [4.78, 5) is 30.2. The van der Waals surface area contributed by atoms with Crippen LogP contribution < -0.4 is 10.2 Å². The lowest BCUT2D eigenvalue weighted by atomic mass is 9.48. The first kappa shape index (κ1) is 21.7. The predicted molar refractivity (Wildman–Crippen MR) is 125 cm³/mol. The summed E-state index contributed by atoms with van der Waals surface area (Å²) in [5.41, 5.74) is 1.48. The molecule has 0 radical (unpaired) electrons. The molecular weight excluding hydrogens is 402 g/mol. The number of aryl methyl sites for hydroxylation is 1. The zero-order chi connectivity index (χ0) is 22.7. The van der Waals surface area contributed by atoms with Crippen molar-refractivity contribution >= 4 is 17.6 Å². The van der Waals surface area contributed by atoms with Crippen molar-refractivity contribution in [2.45, 2.75) is 64.5 Å². The number of hydrogen-bond acceptors (Lipinski definition) is 4. The Morgan fingerprint density at radius 3 is 2.25 bits per heavy atom.